The van der Waals surface area contributed by atoms with Gasteiger partial charge in [-0.15, -0.1) is 0 Å². The first kappa shape index (κ1) is 14.4. The number of hydrogen-bond donors (Lipinski definition) is 1. The van der Waals surface area contributed by atoms with Crippen molar-refractivity contribution in [3.63, 3.8) is 0 Å². The van der Waals surface area contributed by atoms with E-state index in [2.05, 4.69) is 18.7 Å². The van der Waals surface area contributed by atoms with Crippen molar-refractivity contribution >= 4 is 17.2 Å². The summed E-state index contributed by atoms with van der Waals surface area (Å²) in [4.78, 5) is 2.69. The Morgan fingerprint density at radius 1 is 1.37 bits per heavy atom. The third-order valence-electron chi connectivity index (χ3n) is 4.06. The second-order valence-corrected chi connectivity index (χ2v) is 5.91. The van der Waals surface area contributed by atoms with E-state index >= 15 is 0 Å². The van der Waals surface area contributed by atoms with Gasteiger partial charge in [0, 0.05) is 29.8 Å². The minimum Gasteiger partial charge on any atom is -0.389 e. The largest absolute Gasteiger partial charge is 0.389 e. The van der Waals surface area contributed by atoms with Crippen LogP contribution in [0, 0.1) is 5.82 Å². The molecule has 2 nitrogen and oxygen atoms in total. The first-order valence-electron chi connectivity index (χ1n) is 6.83. The Balaban J connectivity index is 2.21. The number of benzene rings is 1. The summed E-state index contributed by atoms with van der Waals surface area (Å²) < 4.78 is 13.9. The Bertz CT molecular complexity index is 465. The lowest BCUT2D eigenvalue weighted by Crippen LogP contribution is -2.43. The normalized spacial score (nSPS) is 24.4. The highest BCUT2D eigenvalue weighted by Crippen LogP contribution is 2.25. The molecule has 0 amide bonds. The molecule has 19 heavy (non-hydrogen) atoms. The number of nitrogens with two attached hydrogens (primary N) is 1. The molecule has 0 radical (unpaired) electrons. The van der Waals surface area contributed by atoms with E-state index < -0.39 is 0 Å². The lowest BCUT2D eigenvalue weighted by atomic mass is 9.96. The molecule has 4 heteroatoms. The molecule has 1 heterocycles. The smallest absolute Gasteiger partial charge is 0.127 e. The second kappa shape index (κ2) is 5.97. The highest BCUT2D eigenvalue weighted by atomic mass is 32.1. The summed E-state index contributed by atoms with van der Waals surface area (Å²) in [5.74, 6) is -0.176. The van der Waals surface area contributed by atoms with Gasteiger partial charge in [0.2, 0.25) is 0 Å². The molecule has 104 valence electrons. The molecule has 0 spiro atoms. The number of hydrogen-bond acceptors (Lipinski definition) is 2. The zero-order valence-corrected chi connectivity index (χ0v) is 12.3. The quantitative estimate of drug-likeness (QED) is 0.862. The number of halogens is 1. The molecular weight excluding hydrogens is 259 g/mol. The van der Waals surface area contributed by atoms with Gasteiger partial charge < -0.3 is 5.73 Å². The molecule has 0 aromatic heterocycles. The Hall–Kier alpha value is -1.00. The Labute approximate surface area is 119 Å². The van der Waals surface area contributed by atoms with Crippen LogP contribution in [0.3, 0.4) is 0 Å². The summed E-state index contributed by atoms with van der Waals surface area (Å²) in [5.41, 5.74) is 7.04. The molecular formula is C15H21FN2S. The maximum atomic E-state index is 13.9. The number of rotatable bonds is 3. The van der Waals surface area contributed by atoms with Crippen LogP contribution < -0.4 is 5.73 Å². The van der Waals surface area contributed by atoms with Crippen LogP contribution in [0.2, 0.25) is 0 Å². The zero-order valence-electron chi connectivity index (χ0n) is 11.5. The van der Waals surface area contributed by atoms with Gasteiger partial charge in [-0.25, -0.2) is 4.39 Å². The van der Waals surface area contributed by atoms with Gasteiger partial charge in [-0.2, -0.15) is 0 Å². The fourth-order valence-corrected chi connectivity index (χ4v) is 2.96. The number of thiocarbonyl (C=S) groups is 1. The van der Waals surface area contributed by atoms with E-state index in [1.54, 1.807) is 12.1 Å². The zero-order chi connectivity index (χ0) is 14.0. The van der Waals surface area contributed by atoms with Crippen molar-refractivity contribution in [3.05, 3.63) is 35.1 Å². The second-order valence-electron chi connectivity index (χ2n) is 5.47. The van der Waals surface area contributed by atoms with Gasteiger partial charge in [0.1, 0.15) is 10.8 Å². The van der Waals surface area contributed by atoms with Crippen molar-refractivity contribution in [2.45, 2.75) is 51.7 Å². The Morgan fingerprint density at radius 2 is 2.00 bits per heavy atom. The molecule has 1 aromatic carbocycles. The molecule has 0 aliphatic carbocycles. The van der Waals surface area contributed by atoms with Gasteiger partial charge in [-0.1, -0.05) is 18.6 Å². The fraction of sp³-hybridized carbons (Fsp3) is 0.533. The molecule has 1 aliphatic heterocycles. The number of likely N-dealkylation sites (tertiary alicyclic amines) is 1. The third kappa shape index (κ3) is 3.31. The Morgan fingerprint density at radius 3 is 2.58 bits per heavy atom. The molecule has 2 N–H and O–H groups in total. The monoisotopic (exact) mass is 280 g/mol. The average Bonchev–Trinajstić information content (AvgIpc) is 2.35. The van der Waals surface area contributed by atoms with Crippen LogP contribution in [0.1, 0.15) is 44.2 Å². The maximum Gasteiger partial charge on any atom is 0.127 e. The van der Waals surface area contributed by atoms with E-state index in [1.165, 1.54) is 25.3 Å². The van der Waals surface area contributed by atoms with Crippen molar-refractivity contribution in [2.75, 3.05) is 0 Å². The predicted octanol–water partition coefficient (Wildman–Crippen LogP) is 3.22. The molecule has 2 unspecified atom stereocenters. The van der Waals surface area contributed by atoms with Crippen LogP contribution in [-0.4, -0.2) is 22.0 Å². The van der Waals surface area contributed by atoms with Crippen LogP contribution in [0.25, 0.3) is 0 Å². The van der Waals surface area contributed by atoms with Crippen molar-refractivity contribution in [1.29, 1.82) is 0 Å². The molecule has 2 rings (SSSR count). The van der Waals surface area contributed by atoms with Gasteiger partial charge in [-0.3, -0.25) is 4.90 Å². The fourth-order valence-electron chi connectivity index (χ4n) is 2.83. The molecule has 2 atom stereocenters. The van der Waals surface area contributed by atoms with E-state index in [0.29, 0.717) is 29.2 Å². The van der Waals surface area contributed by atoms with Crippen LogP contribution in [-0.2, 0) is 6.54 Å². The third-order valence-corrected chi connectivity index (χ3v) is 4.29. The molecule has 1 fully saturated rings. The molecule has 1 aliphatic rings. The summed E-state index contributed by atoms with van der Waals surface area (Å²) in [5, 5.41) is 0. The predicted molar refractivity (Wildman–Crippen MR) is 80.6 cm³/mol. The molecule has 1 aromatic rings. The van der Waals surface area contributed by atoms with Crippen LogP contribution >= 0.6 is 12.2 Å². The van der Waals surface area contributed by atoms with Crippen molar-refractivity contribution in [3.8, 4) is 0 Å². The topological polar surface area (TPSA) is 29.3 Å². The lowest BCUT2D eigenvalue weighted by Gasteiger charge is -2.39. The average molecular weight is 280 g/mol. The first-order chi connectivity index (χ1) is 8.99. The van der Waals surface area contributed by atoms with Gasteiger partial charge >= 0.3 is 0 Å². The van der Waals surface area contributed by atoms with Crippen molar-refractivity contribution in [1.82, 2.24) is 4.90 Å². The van der Waals surface area contributed by atoms with Gasteiger partial charge in [0.15, 0.2) is 0 Å². The van der Waals surface area contributed by atoms with Gasteiger partial charge in [0.25, 0.3) is 0 Å². The van der Waals surface area contributed by atoms with E-state index in [1.807, 2.05) is 0 Å². The summed E-state index contributed by atoms with van der Waals surface area (Å²) in [6.07, 6.45) is 3.62. The summed E-state index contributed by atoms with van der Waals surface area (Å²) in [6, 6.07) is 5.88. The highest BCUT2D eigenvalue weighted by molar-refractivity contribution is 7.80. The van der Waals surface area contributed by atoms with E-state index in [-0.39, 0.29) is 5.82 Å². The SMILES string of the molecule is CC1CCCC(C)N1Cc1cc(C(N)=S)ccc1F. The summed E-state index contributed by atoms with van der Waals surface area (Å²) in [7, 11) is 0. The van der Waals surface area contributed by atoms with E-state index in [9.17, 15) is 4.39 Å². The highest BCUT2D eigenvalue weighted by Gasteiger charge is 2.25. The maximum absolute atomic E-state index is 13.9. The van der Waals surface area contributed by atoms with Crippen LogP contribution in [0.15, 0.2) is 18.2 Å². The van der Waals surface area contributed by atoms with Gasteiger partial charge in [-0.05, 0) is 44.9 Å². The van der Waals surface area contributed by atoms with Crippen LogP contribution in [0.5, 0.6) is 0 Å². The molecule has 1 saturated heterocycles. The summed E-state index contributed by atoms with van der Waals surface area (Å²) in [6.45, 7) is 5.06. The minimum absolute atomic E-state index is 0.176. The Kier molecular flexibility index (Phi) is 4.53. The molecule has 0 bridgehead atoms. The minimum atomic E-state index is -0.176. The van der Waals surface area contributed by atoms with Crippen LogP contribution in [0.4, 0.5) is 4.39 Å². The van der Waals surface area contributed by atoms with E-state index in [4.69, 9.17) is 18.0 Å². The standard InChI is InChI=1S/C15H21FN2S/c1-10-4-3-5-11(2)18(10)9-13-8-12(15(17)19)6-7-14(13)16/h6-8,10-11H,3-5,9H2,1-2H3,(H2,17,19). The first-order valence-corrected chi connectivity index (χ1v) is 7.24. The number of piperidine rings is 1. The van der Waals surface area contributed by atoms with Crippen molar-refractivity contribution in [2.24, 2.45) is 5.73 Å². The summed E-state index contributed by atoms with van der Waals surface area (Å²) >= 11 is 4.96. The molecule has 0 saturated carbocycles. The van der Waals surface area contributed by atoms with E-state index in [0.717, 1.165) is 5.56 Å². The van der Waals surface area contributed by atoms with Crippen molar-refractivity contribution < 1.29 is 4.39 Å². The van der Waals surface area contributed by atoms with Gasteiger partial charge in [0.05, 0.1) is 0 Å². The lowest BCUT2D eigenvalue weighted by molar-refractivity contribution is 0.0940. The number of nitrogens with zero attached hydrogens (tertiary/aromatic N) is 1.